The molecular formula is C15H14ClN3O2. The lowest BCUT2D eigenvalue weighted by atomic mass is 10.1. The van der Waals surface area contributed by atoms with E-state index in [4.69, 9.17) is 11.6 Å². The minimum atomic E-state index is -0.333. The Morgan fingerprint density at radius 3 is 2.62 bits per heavy atom. The Balaban J connectivity index is 2.22. The molecule has 1 heterocycles. The van der Waals surface area contributed by atoms with Gasteiger partial charge in [0.15, 0.2) is 0 Å². The van der Waals surface area contributed by atoms with E-state index >= 15 is 0 Å². The van der Waals surface area contributed by atoms with E-state index in [2.05, 4.69) is 15.6 Å². The van der Waals surface area contributed by atoms with Gasteiger partial charge in [-0.25, -0.2) is 0 Å². The van der Waals surface area contributed by atoms with Crippen molar-refractivity contribution >= 4 is 34.8 Å². The van der Waals surface area contributed by atoms with Crippen molar-refractivity contribution in [1.82, 2.24) is 4.98 Å². The largest absolute Gasteiger partial charge is 0.326 e. The predicted molar refractivity (Wildman–Crippen MR) is 82.7 cm³/mol. The van der Waals surface area contributed by atoms with Crippen LogP contribution in [0.2, 0.25) is 5.02 Å². The molecule has 0 unspecified atom stereocenters. The van der Waals surface area contributed by atoms with Crippen molar-refractivity contribution in [3.05, 3.63) is 52.8 Å². The fourth-order valence-electron chi connectivity index (χ4n) is 1.78. The molecule has 2 amide bonds. The molecule has 0 aliphatic rings. The highest BCUT2D eigenvalue weighted by Crippen LogP contribution is 2.22. The molecule has 2 N–H and O–H groups in total. The van der Waals surface area contributed by atoms with E-state index in [-0.39, 0.29) is 16.8 Å². The van der Waals surface area contributed by atoms with Crippen LogP contribution in [0.4, 0.5) is 11.4 Å². The van der Waals surface area contributed by atoms with Gasteiger partial charge in [-0.3, -0.25) is 14.6 Å². The van der Waals surface area contributed by atoms with Crippen molar-refractivity contribution < 1.29 is 9.59 Å². The number of carbonyl (C=O) groups excluding carboxylic acids is 2. The number of benzene rings is 1. The molecule has 0 fully saturated rings. The molecule has 5 nitrogen and oxygen atoms in total. The standard InChI is InChI=1S/C15H14ClN3O2/c1-9-3-4-11(7-14(9)18-10(2)20)19-15(21)12-5-6-17-8-13(12)16/h3-8H,1-2H3,(H,18,20)(H,19,21). The number of amides is 2. The summed E-state index contributed by atoms with van der Waals surface area (Å²) in [4.78, 5) is 27.1. The van der Waals surface area contributed by atoms with Gasteiger partial charge in [0.2, 0.25) is 5.91 Å². The van der Waals surface area contributed by atoms with Gasteiger partial charge in [0, 0.05) is 30.7 Å². The summed E-state index contributed by atoms with van der Waals surface area (Å²) in [5.74, 6) is -0.501. The number of pyridine rings is 1. The van der Waals surface area contributed by atoms with Crippen LogP contribution in [0.25, 0.3) is 0 Å². The SMILES string of the molecule is CC(=O)Nc1cc(NC(=O)c2ccncc2Cl)ccc1C. The molecule has 2 aromatic rings. The van der Waals surface area contributed by atoms with Crippen LogP contribution in [0.15, 0.2) is 36.7 Å². The normalized spacial score (nSPS) is 10.0. The topological polar surface area (TPSA) is 71.1 Å². The van der Waals surface area contributed by atoms with E-state index in [1.54, 1.807) is 18.2 Å². The van der Waals surface area contributed by atoms with Gasteiger partial charge in [0.25, 0.3) is 5.91 Å². The first-order chi connectivity index (χ1) is 9.97. The highest BCUT2D eigenvalue weighted by Gasteiger charge is 2.11. The van der Waals surface area contributed by atoms with E-state index < -0.39 is 0 Å². The number of aromatic nitrogens is 1. The van der Waals surface area contributed by atoms with Crippen LogP contribution in [0.5, 0.6) is 0 Å². The lowest BCUT2D eigenvalue weighted by Crippen LogP contribution is -2.13. The van der Waals surface area contributed by atoms with E-state index in [1.165, 1.54) is 19.3 Å². The quantitative estimate of drug-likeness (QED) is 0.914. The number of nitrogens with zero attached hydrogens (tertiary/aromatic N) is 1. The van der Waals surface area contributed by atoms with Crippen molar-refractivity contribution in [2.45, 2.75) is 13.8 Å². The summed E-state index contributed by atoms with van der Waals surface area (Å²) in [7, 11) is 0. The van der Waals surface area contributed by atoms with Gasteiger partial charge in [0.05, 0.1) is 10.6 Å². The second-order valence-electron chi connectivity index (χ2n) is 4.52. The molecule has 0 saturated heterocycles. The minimum absolute atomic E-state index is 0.168. The number of anilines is 2. The van der Waals surface area contributed by atoms with Crippen LogP contribution in [-0.2, 0) is 4.79 Å². The highest BCUT2D eigenvalue weighted by atomic mass is 35.5. The first-order valence-corrected chi connectivity index (χ1v) is 6.64. The summed E-state index contributed by atoms with van der Waals surface area (Å²) in [5, 5.41) is 5.73. The second-order valence-corrected chi connectivity index (χ2v) is 4.93. The lowest BCUT2D eigenvalue weighted by Gasteiger charge is -2.11. The van der Waals surface area contributed by atoms with Gasteiger partial charge in [-0.05, 0) is 30.7 Å². The molecule has 0 radical (unpaired) electrons. The first kappa shape index (κ1) is 15.0. The zero-order valence-electron chi connectivity index (χ0n) is 11.6. The average molecular weight is 304 g/mol. The van der Waals surface area contributed by atoms with Crippen molar-refractivity contribution in [2.24, 2.45) is 0 Å². The molecule has 0 aliphatic carbocycles. The third-order valence-electron chi connectivity index (χ3n) is 2.82. The fraction of sp³-hybridized carbons (Fsp3) is 0.133. The smallest absolute Gasteiger partial charge is 0.257 e. The van der Waals surface area contributed by atoms with Crippen LogP contribution in [-0.4, -0.2) is 16.8 Å². The molecule has 0 atom stereocenters. The molecular weight excluding hydrogens is 290 g/mol. The van der Waals surface area contributed by atoms with Gasteiger partial charge in [-0.2, -0.15) is 0 Å². The molecule has 0 spiro atoms. The maximum atomic E-state index is 12.1. The monoisotopic (exact) mass is 303 g/mol. The molecule has 108 valence electrons. The fourth-order valence-corrected chi connectivity index (χ4v) is 1.99. The van der Waals surface area contributed by atoms with E-state index in [9.17, 15) is 9.59 Å². The first-order valence-electron chi connectivity index (χ1n) is 6.26. The average Bonchev–Trinajstić information content (AvgIpc) is 2.42. The van der Waals surface area contributed by atoms with Crippen molar-refractivity contribution in [3.63, 3.8) is 0 Å². The van der Waals surface area contributed by atoms with E-state index in [1.807, 2.05) is 13.0 Å². The number of nitrogens with one attached hydrogen (secondary N) is 2. The van der Waals surface area contributed by atoms with Crippen molar-refractivity contribution in [1.29, 1.82) is 0 Å². The Bertz CT molecular complexity index is 701. The number of halogens is 1. The maximum Gasteiger partial charge on any atom is 0.257 e. The highest BCUT2D eigenvalue weighted by molar-refractivity contribution is 6.34. The minimum Gasteiger partial charge on any atom is -0.326 e. The third kappa shape index (κ3) is 3.79. The Labute approximate surface area is 127 Å². The summed E-state index contributed by atoms with van der Waals surface area (Å²) in [6.45, 7) is 3.30. The van der Waals surface area contributed by atoms with Crippen LogP contribution in [0.3, 0.4) is 0 Å². The summed E-state index contributed by atoms with van der Waals surface area (Å²) < 4.78 is 0. The number of aryl methyl sites for hydroxylation is 1. The third-order valence-corrected chi connectivity index (χ3v) is 3.12. The summed E-state index contributed by atoms with van der Waals surface area (Å²) >= 11 is 5.93. The zero-order valence-corrected chi connectivity index (χ0v) is 12.4. The van der Waals surface area contributed by atoms with Crippen LogP contribution in [0.1, 0.15) is 22.8 Å². The maximum absolute atomic E-state index is 12.1. The number of hydrogen-bond donors (Lipinski definition) is 2. The van der Waals surface area contributed by atoms with E-state index in [0.717, 1.165) is 5.56 Å². The summed E-state index contributed by atoms with van der Waals surface area (Å²) in [5.41, 5.74) is 2.47. The van der Waals surface area contributed by atoms with Gasteiger partial charge >= 0.3 is 0 Å². The van der Waals surface area contributed by atoms with Crippen LogP contribution >= 0.6 is 11.6 Å². The number of carbonyl (C=O) groups is 2. The zero-order chi connectivity index (χ0) is 15.4. The molecule has 0 saturated carbocycles. The number of hydrogen-bond acceptors (Lipinski definition) is 3. The second kappa shape index (κ2) is 6.37. The van der Waals surface area contributed by atoms with Crippen LogP contribution in [0, 0.1) is 6.92 Å². The molecule has 0 aliphatic heterocycles. The van der Waals surface area contributed by atoms with Gasteiger partial charge < -0.3 is 10.6 Å². The molecule has 0 bridgehead atoms. The lowest BCUT2D eigenvalue weighted by molar-refractivity contribution is -0.114. The molecule has 1 aromatic heterocycles. The van der Waals surface area contributed by atoms with Crippen molar-refractivity contribution in [2.75, 3.05) is 10.6 Å². The van der Waals surface area contributed by atoms with E-state index in [0.29, 0.717) is 16.9 Å². The predicted octanol–water partition coefficient (Wildman–Crippen LogP) is 3.25. The molecule has 21 heavy (non-hydrogen) atoms. The van der Waals surface area contributed by atoms with Crippen LogP contribution < -0.4 is 10.6 Å². The number of rotatable bonds is 3. The Hall–Kier alpha value is -2.40. The molecule has 2 rings (SSSR count). The summed E-state index contributed by atoms with van der Waals surface area (Å²) in [6, 6.07) is 6.81. The molecule has 6 heteroatoms. The van der Waals surface area contributed by atoms with Crippen molar-refractivity contribution in [3.8, 4) is 0 Å². The molecule has 1 aromatic carbocycles. The van der Waals surface area contributed by atoms with Gasteiger partial charge in [0.1, 0.15) is 0 Å². The Morgan fingerprint density at radius 2 is 1.95 bits per heavy atom. The van der Waals surface area contributed by atoms with Gasteiger partial charge in [-0.1, -0.05) is 17.7 Å². The Kier molecular flexibility index (Phi) is 4.55. The Morgan fingerprint density at radius 1 is 1.19 bits per heavy atom. The van der Waals surface area contributed by atoms with Gasteiger partial charge in [-0.15, -0.1) is 0 Å². The summed E-state index contributed by atoms with van der Waals surface area (Å²) in [6.07, 6.45) is 2.91.